The summed E-state index contributed by atoms with van der Waals surface area (Å²) in [6.45, 7) is -0.816. The minimum absolute atomic E-state index is 0.230. The summed E-state index contributed by atoms with van der Waals surface area (Å²) in [5.74, 6) is -4.47. The van der Waals surface area contributed by atoms with Crippen molar-refractivity contribution in [2.45, 2.75) is 30.2 Å². The summed E-state index contributed by atoms with van der Waals surface area (Å²) in [5, 5.41) is 68.5. The van der Waals surface area contributed by atoms with Crippen molar-refractivity contribution < 1.29 is 45.3 Å². The number of aromatic hydroxyl groups is 2. The molecule has 2 rings (SSSR count). The van der Waals surface area contributed by atoms with Crippen LogP contribution in [0.15, 0.2) is 12.1 Å². The Morgan fingerprint density at radius 2 is 1.82 bits per heavy atom. The lowest BCUT2D eigenvalue weighted by Gasteiger charge is -2.45. The van der Waals surface area contributed by atoms with Crippen molar-refractivity contribution in [3.05, 3.63) is 23.3 Å². The van der Waals surface area contributed by atoms with E-state index in [-0.39, 0.29) is 11.8 Å². The molecule has 9 nitrogen and oxygen atoms in total. The van der Waals surface area contributed by atoms with Gasteiger partial charge in [-0.15, -0.1) is 0 Å². The second-order valence-electron chi connectivity index (χ2n) is 4.98. The zero-order chi connectivity index (χ0) is 16.7. The van der Waals surface area contributed by atoms with E-state index in [0.717, 1.165) is 12.1 Å². The summed E-state index contributed by atoms with van der Waals surface area (Å²) in [5.41, 5.74) is -1.00. The number of aliphatic hydroxyl groups is 5. The Kier molecular flexibility index (Phi) is 4.38. The average molecular weight is 316 g/mol. The third-order valence-electron chi connectivity index (χ3n) is 3.64. The third-order valence-corrected chi connectivity index (χ3v) is 3.64. The van der Waals surface area contributed by atoms with E-state index in [2.05, 4.69) is 0 Å². The number of aliphatic hydroxyl groups excluding tert-OH is 4. The van der Waals surface area contributed by atoms with Crippen molar-refractivity contribution in [1.82, 2.24) is 0 Å². The molecule has 0 spiro atoms. The summed E-state index contributed by atoms with van der Waals surface area (Å²) in [6, 6.07) is 2.03. The number of hydrogen-bond acceptors (Lipinski definition) is 9. The maximum atomic E-state index is 11.1. The Morgan fingerprint density at radius 1 is 1.18 bits per heavy atom. The van der Waals surface area contributed by atoms with E-state index in [0.29, 0.717) is 0 Å². The molecule has 0 aliphatic carbocycles. The Morgan fingerprint density at radius 3 is 2.36 bits per heavy atom. The van der Waals surface area contributed by atoms with Crippen LogP contribution in [0.3, 0.4) is 0 Å². The number of phenols is 2. The molecule has 0 aromatic heterocycles. The van der Waals surface area contributed by atoms with Gasteiger partial charge in [0, 0.05) is 5.56 Å². The number of rotatable bonds is 3. The molecular formula is C13H16O9. The number of carbonyl (C=O) groups excluding carboxylic acids is 1. The summed E-state index contributed by atoms with van der Waals surface area (Å²) in [4.78, 5) is 11.1. The molecule has 0 amide bonds. The highest BCUT2D eigenvalue weighted by molar-refractivity contribution is 5.80. The van der Waals surface area contributed by atoms with E-state index >= 15 is 0 Å². The van der Waals surface area contributed by atoms with Gasteiger partial charge in [-0.2, -0.15) is 0 Å². The lowest BCUT2D eigenvalue weighted by molar-refractivity contribution is -0.358. The maximum absolute atomic E-state index is 11.1. The van der Waals surface area contributed by atoms with Crippen molar-refractivity contribution in [2.75, 3.05) is 6.61 Å². The molecule has 0 saturated carbocycles. The summed E-state index contributed by atoms with van der Waals surface area (Å²) in [7, 11) is 0. The Labute approximate surface area is 124 Å². The third kappa shape index (κ3) is 2.33. The molecule has 1 heterocycles. The van der Waals surface area contributed by atoms with E-state index in [1.54, 1.807) is 0 Å². The van der Waals surface area contributed by atoms with Gasteiger partial charge >= 0.3 is 0 Å². The first kappa shape index (κ1) is 16.6. The normalized spacial score (nSPS) is 35.3. The molecule has 1 aromatic carbocycles. The lowest BCUT2D eigenvalue weighted by atomic mass is 9.85. The highest BCUT2D eigenvalue weighted by Gasteiger charge is 2.55. The van der Waals surface area contributed by atoms with E-state index in [1.165, 1.54) is 0 Å². The standard InChI is InChI=1S/C13H16O9/c14-3-5-1-2-6(16)9(17)8(5)13(21)12(20)11(19)10(18)7(4-15)22-13/h1-3,7,10-12,15-21H,4H2/t7-,10-,11+,12-,13?/m1/s1. The van der Waals surface area contributed by atoms with Gasteiger partial charge in [0.05, 0.1) is 12.2 Å². The number of hydrogen-bond donors (Lipinski definition) is 7. The smallest absolute Gasteiger partial charge is 0.227 e. The Bertz CT molecular complexity index is 573. The number of benzene rings is 1. The van der Waals surface area contributed by atoms with Crippen LogP contribution in [0.4, 0.5) is 0 Å². The predicted molar refractivity (Wildman–Crippen MR) is 69.0 cm³/mol. The topological polar surface area (TPSA) is 168 Å². The van der Waals surface area contributed by atoms with Gasteiger partial charge in [0.2, 0.25) is 5.79 Å². The van der Waals surface area contributed by atoms with E-state index in [9.17, 15) is 35.4 Å². The van der Waals surface area contributed by atoms with Crippen LogP contribution in [-0.4, -0.2) is 73.1 Å². The fraction of sp³-hybridized carbons (Fsp3) is 0.462. The largest absolute Gasteiger partial charge is 0.504 e. The van der Waals surface area contributed by atoms with Gasteiger partial charge in [-0.05, 0) is 12.1 Å². The second kappa shape index (κ2) is 5.80. The van der Waals surface area contributed by atoms with Crippen LogP contribution in [0.5, 0.6) is 11.5 Å². The van der Waals surface area contributed by atoms with Crippen LogP contribution >= 0.6 is 0 Å². The molecule has 9 heteroatoms. The molecule has 0 bridgehead atoms. The average Bonchev–Trinajstić information content (AvgIpc) is 2.51. The number of aldehydes is 1. The molecule has 22 heavy (non-hydrogen) atoms. The van der Waals surface area contributed by atoms with Crippen LogP contribution in [-0.2, 0) is 10.5 Å². The van der Waals surface area contributed by atoms with Crippen LogP contribution in [0, 0.1) is 0 Å². The van der Waals surface area contributed by atoms with Crippen molar-refractivity contribution >= 4 is 6.29 Å². The van der Waals surface area contributed by atoms with Crippen LogP contribution in [0.2, 0.25) is 0 Å². The molecule has 1 aromatic rings. The molecular weight excluding hydrogens is 300 g/mol. The fourth-order valence-electron chi connectivity index (χ4n) is 2.43. The van der Waals surface area contributed by atoms with Crippen molar-refractivity contribution in [1.29, 1.82) is 0 Å². The molecule has 5 atom stereocenters. The zero-order valence-electron chi connectivity index (χ0n) is 11.2. The number of ether oxygens (including phenoxy) is 1. The number of phenolic OH excluding ortho intramolecular Hbond substituents is 2. The van der Waals surface area contributed by atoms with Gasteiger partial charge in [-0.25, -0.2) is 0 Å². The van der Waals surface area contributed by atoms with Gasteiger partial charge in [-0.3, -0.25) is 4.79 Å². The summed E-state index contributed by atoms with van der Waals surface area (Å²) in [6.07, 6.45) is -7.06. The fourth-order valence-corrected chi connectivity index (χ4v) is 2.43. The molecule has 1 aliphatic rings. The summed E-state index contributed by atoms with van der Waals surface area (Å²) < 4.78 is 5.00. The van der Waals surface area contributed by atoms with Crippen LogP contribution in [0.1, 0.15) is 15.9 Å². The van der Waals surface area contributed by atoms with Gasteiger partial charge < -0.3 is 40.5 Å². The highest BCUT2D eigenvalue weighted by atomic mass is 16.7. The molecule has 0 radical (unpaired) electrons. The minimum Gasteiger partial charge on any atom is -0.504 e. The Balaban J connectivity index is 2.63. The van der Waals surface area contributed by atoms with E-state index in [1.807, 2.05) is 0 Å². The molecule has 1 unspecified atom stereocenters. The predicted octanol–water partition coefficient (Wildman–Crippen LogP) is -2.47. The van der Waals surface area contributed by atoms with Crippen molar-refractivity contribution in [3.63, 3.8) is 0 Å². The highest BCUT2D eigenvalue weighted by Crippen LogP contribution is 2.44. The molecule has 1 fully saturated rings. The number of carbonyl (C=O) groups is 1. The van der Waals surface area contributed by atoms with Crippen molar-refractivity contribution in [2.24, 2.45) is 0 Å². The van der Waals surface area contributed by atoms with Crippen LogP contribution < -0.4 is 0 Å². The van der Waals surface area contributed by atoms with Gasteiger partial charge in [0.1, 0.15) is 24.4 Å². The second-order valence-corrected chi connectivity index (χ2v) is 4.98. The summed E-state index contributed by atoms with van der Waals surface area (Å²) >= 11 is 0. The molecule has 122 valence electrons. The molecule has 1 aliphatic heterocycles. The van der Waals surface area contributed by atoms with Crippen molar-refractivity contribution in [3.8, 4) is 11.5 Å². The zero-order valence-corrected chi connectivity index (χ0v) is 11.2. The Hall–Kier alpha value is -1.75. The van der Waals surface area contributed by atoms with E-state index in [4.69, 9.17) is 9.84 Å². The first-order valence-corrected chi connectivity index (χ1v) is 6.33. The van der Waals surface area contributed by atoms with Gasteiger partial charge in [-0.1, -0.05) is 0 Å². The SMILES string of the molecule is O=Cc1ccc(O)c(O)c1C1(O)O[C@H](CO)[C@@H](O)[C@H](O)[C@H]1O. The first-order valence-electron chi connectivity index (χ1n) is 6.33. The van der Waals surface area contributed by atoms with Gasteiger partial charge in [0.15, 0.2) is 17.8 Å². The minimum atomic E-state index is -2.83. The quantitative estimate of drug-likeness (QED) is 0.236. The molecule has 7 N–H and O–H groups in total. The first-order chi connectivity index (χ1) is 10.3. The monoisotopic (exact) mass is 316 g/mol. The van der Waals surface area contributed by atoms with E-state index < -0.39 is 53.9 Å². The maximum Gasteiger partial charge on any atom is 0.227 e. The van der Waals surface area contributed by atoms with Gasteiger partial charge in [0.25, 0.3) is 0 Å². The molecule has 1 saturated heterocycles. The lowest BCUT2D eigenvalue weighted by Crippen LogP contribution is -2.63. The van der Waals surface area contributed by atoms with Crippen LogP contribution in [0.25, 0.3) is 0 Å².